The van der Waals surface area contributed by atoms with Gasteiger partial charge in [-0.2, -0.15) is 0 Å². The van der Waals surface area contributed by atoms with E-state index in [9.17, 15) is 0 Å². The Morgan fingerprint density at radius 1 is 1.30 bits per heavy atom. The Morgan fingerprint density at radius 2 is 2.13 bits per heavy atom. The predicted molar refractivity (Wildman–Crippen MR) is 105 cm³/mol. The van der Waals surface area contributed by atoms with E-state index in [1.807, 2.05) is 6.07 Å². The summed E-state index contributed by atoms with van der Waals surface area (Å²) in [6.07, 6.45) is 5.64. The molecule has 23 heavy (non-hydrogen) atoms. The van der Waals surface area contributed by atoms with E-state index in [2.05, 4.69) is 52.0 Å². The standard InChI is InChI=1S/C17H23N5.HI/c1-12-6-7-14(9-13(12)2)21-17(18)19-10-15-11-22-8-4-3-5-16(22)20-15;/h6-7,9,11H,3-5,8,10H2,1-2H3,(H3,18,19,21);1H. The number of aliphatic imine (C=N–C) groups is 1. The lowest BCUT2D eigenvalue weighted by molar-refractivity contribution is 0.522. The van der Waals surface area contributed by atoms with Crippen molar-refractivity contribution in [3.63, 3.8) is 0 Å². The van der Waals surface area contributed by atoms with Gasteiger partial charge in [-0.3, -0.25) is 0 Å². The maximum Gasteiger partial charge on any atom is 0.193 e. The van der Waals surface area contributed by atoms with E-state index in [0.717, 1.165) is 24.3 Å². The summed E-state index contributed by atoms with van der Waals surface area (Å²) in [4.78, 5) is 9.02. The smallest absolute Gasteiger partial charge is 0.193 e. The van der Waals surface area contributed by atoms with E-state index >= 15 is 0 Å². The molecule has 0 amide bonds. The quantitative estimate of drug-likeness (QED) is 0.450. The van der Waals surface area contributed by atoms with Gasteiger partial charge in [0.05, 0.1) is 12.2 Å². The summed E-state index contributed by atoms with van der Waals surface area (Å²) in [5.74, 6) is 1.60. The van der Waals surface area contributed by atoms with Gasteiger partial charge >= 0.3 is 0 Å². The largest absolute Gasteiger partial charge is 0.370 e. The van der Waals surface area contributed by atoms with Crippen molar-refractivity contribution < 1.29 is 0 Å². The molecule has 0 saturated heterocycles. The Morgan fingerprint density at radius 3 is 2.87 bits per heavy atom. The Hall–Kier alpha value is -1.57. The zero-order valence-corrected chi connectivity index (χ0v) is 16.0. The van der Waals surface area contributed by atoms with Gasteiger partial charge in [0.25, 0.3) is 0 Å². The molecule has 1 aliphatic rings. The Balaban J connectivity index is 0.00000192. The average molecular weight is 425 g/mol. The normalized spacial score (nSPS) is 14.1. The lowest BCUT2D eigenvalue weighted by Gasteiger charge is -2.11. The molecule has 0 spiro atoms. The lowest BCUT2D eigenvalue weighted by atomic mass is 10.1. The highest BCUT2D eigenvalue weighted by atomic mass is 127. The van der Waals surface area contributed by atoms with Crippen LogP contribution in [-0.4, -0.2) is 15.5 Å². The van der Waals surface area contributed by atoms with E-state index in [0.29, 0.717) is 12.5 Å². The molecular weight excluding hydrogens is 401 g/mol. The van der Waals surface area contributed by atoms with Crippen molar-refractivity contribution in [2.45, 2.75) is 46.2 Å². The molecule has 2 heterocycles. The number of imidazole rings is 1. The molecule has 0 bridgehead atoms. The van der Waals surface area contributed by atoms with Gasteiger partial charge in [0.15, 0.2) is 5.96 Å². The summed E-state index contributed by atoms with van der Waals surface area (Å²) in [6.45, 7) is 5.77. The van der Waals surface area contributed by atoms with Gasteiger partial charge in [0, 0.05) is 24.8 Å². The van der Waals surface area contributed by atoms with Gasteiger partial charge in [0.1, 0.15) is 5.82 Å². The fourth-order valence-corrected chi connectivity index (χ4v) is 2.72. The van der Waals surface area contributed by atoms with E-state index < -0.39 is 0 Å². The molecule has 1 aliphatic heterocycles. The van der Waals surface area contributed by atoms with Crippen molar-refractivity contribution in [3.05, 3.63) is 47.0 Å². The van der Waals surface area contributed by atoms with Crippen molar-refractivity contribution >= 4 is 35.6 Å². The number of nitrogens with zero attached hydrogens (tertiary/aromatic N) is 3. The van der Waals surface area contributed by atoms with Crippen LogP contribution in [0.3, 0.4) is 0 Å². The van der Waals surface area contributed by atoms with Crippen molar-refractivity contribution in [2.24, 2.45) is 10.7 Å². The van der Waals surface area contributed by atoms with Gasteiger partial charge in [0.2, 0.25) is 0 Å². The van der Waals surface area contributed by atoms with Crippen molar-refractivity contribution in [1.82, 2.24) is 9.55 Å². The first-order valence-corrected chi connectivity index (χ1v) is 7.81. The molecule has 3 N–H and O–H groups in total. The summed E-state index contributed by atoms with van der Waals surface area (Å²) < 4.78 is 2.24. The van der Waals surface area contributed by atoms with Crippen LogP contribution in [-0.2, 0) is 19.5 Å². The minimum absolute atomic E-state index is 0. The number of halogens is 1. The zero-order chi connectivity index (χ0) is 15.5. The van der Waals surface area contributed by atoms with Crippen LogP contribution in [0.25, 0.3) is 0 Å². The maximum absolute atomic E-state index is 5.97. The molecule has 0 saturated carbocycles. The Labute approximate surface area is 154 Å². The highest BCUT2D eigenvalue weighted by Crippen LogP contribution is 2.16. The monoisotopic (exact) mass is 425 g/mol. The topological polar surface area (TPSA) is 68.2 Å². The molecule has 3 rings (SSSR count). The van der Waals surface area contributed by atoms with Gasteiger partial charge in [-0.25, -0.2) is 9.98 Å². The number of guanidine groups is 1. The summed E-state index contributed by atoms with van der Waals surface area (Å²) in [6, 6.07) is 6.17. The van der Waals surface area contributed by atoms with Gasteiger partial charge < -0.3 is 15.6 Å². The second-order valence-corrected chi connectivity index (χ2v) is 5.92. The molecule has 6 heteroatoms. The number of aryl methyl sites for hydroxylation is 4. The number of fused-ring (bicyclic) bond motifs is 1. The molecule has 2 aromatic rings. The predicted octanol–water partition coefficient (Wildman–Crippen LogP) is 3.38. The Kier molecular flexibility index (Phi) is 6.04. The van der Waals surface area contributed by atoms with Crippen LogP contribution in [0, 0.1) is 13.8 Å². The number of benzene rings is 1. The summed E-state index contributed by atoms with van der Waals surface area (Å²) >= 11 is 0. The summed E-state index contributed by atoms with van der Waals surface area (Å²) in [5, 5.41) is 3.14. The van der Waals surface area contributed by atoms with Crippen LogP contribution in [0.2, 0.25) is 0 Å². The molecule has 5 nitrogen and oxygen atoms in total. The van der Waals surface area contributed by atoms with Crippen LogP contribution in [0.4, 0.5) is 5.69 Å². The second-order valence-electron chi connectivity index (χ2n) is 5.92. The third kappa shape index (κ3) is 4.46. The molecule has 1 aromatic carbocycles. The Bertz CT molecular complexity index is 682. The van der Waals surface area contributed by atoms with Crippen molar-refractivity contribution in [2.75, 3.05) is 5.32 Å². The first kappa shape index (κ1) is 17.8. The molecule has 0 aliphatic carbocycles. The third-order valence-electron chi connectivity index (χ3n) is 4.15. The maximum atomic E-state index is 5.97. The van der Waals surface area contributed by atoms with Crippen LogP contribution in [0.1, 0.15) is 35.5 Å². The van der Waals surface area contributed by atoms with E-state index in [4.69, 9.17) is 5.73 Å². The molecule has 0 fully saturated rings. The summed E-state index contributed by atoms with van der Waals surface area (Å²) in [5.41, 5.74) is 10.4. The SMILES string of the molecule is Cc1ccc(NC(N)=NCc2cn3c(n2)CCCC3)cc1C.I. The number of hydrogen-bond acceptors (Lipinski definition) is 2. The number of hydrogen-bond donors (Lipinski definition) is 2. The lowest BCUT2D eigenvalue weighted by Crippen LogP contribution is -2.22. The van der Waals surface area contributed by atoms with Crippen LogP contribution >= 0.6 is 24.0 Å². The highest BCUT2D eigenvalue weighted by Gasteiger charge is 2.11. The number of aromatic nitrogens is 2. The van der Waals surface area contributed by atoms with Gasteiger partial charge in [-0.05, 0) is 49.9 Å². The summed E-state index contributed by atoms with van der Waals surface area (Å²) in [7, 11) is 0. The van der Waals surface area contributed by atoms with Crippen LogP contribution < -0.4 is 11.1 Å². The number of nitrogens with one attached hydrogen (secondary N) is 1. The molecule has 1 aromatic heterocycles. The minimum atomic E-state index is 0. The molecular formula is C17H24IN5. The van der Waals surface area contributed by atoms with Crippen molar-refractivity contribution in [3.8, 4) is 0 Å². The fraction of sp³-hybridized carbons (Fsp3) is 0.412. The van der Waals surface area contributed by atoms with Crippen molar-refractivity contribution in [1.29, 1.82) is 0 Å². The molecule has 0 unspecified atom stereocenters. The van der Waals surface area contributed by atoms with Crippen LogP contribution in [0.15, 0.2) is 29.4 Å². The van der Waals surface area contributed by atoms with E-state index in [1.54, 1.807) is 0 Å². The zero-order valence-electron chi connectivity index (χ0n) is 13.7. The number of nitrogens with two attached hydrogens (primary N) is 1. The fourth-order valence-electron chi connectivity index (χ4n) is 2.72. The van der Waals surface area contributed by atoms with Gasteiger partial charge in [-0.1, -0.05) is 6.07 Å². The minimum Gasteiger partial charge on any atom is -0.370 e. The van der Waals surface area contributed by atoms with Gasteiger partial charge in [-0.15, -0.1) is 24.0 Å². The average Bonchev–Trinajstić information content (AvgIpc) is 2.92. The van der Waals surface area contributed by atoms with E-state index in [1.165, 1.54) is 29.8 Å². The van der Waals surface area contributed by atoms with Crippen LogP contribution in [0.5, 0.6) is 0 Å². The molecule has 0 radical (unpaired) electrons. The first-order valence-electron chi connectivity index (χ1n) is 7.81. The number of rotatable bonds is 3. The molecule has 124 valence electrons. The highest BCUT2D eigenvalue weighted by molar-refractivity contribution is 14.0. The molecule has 0 atom stereocenters. The first-order chi connectivity index (χ1) is 10.6. The third-order valence-corrected chi connectivity index (χ3v) is 4.15. The second kappa shape index (κ2) is 7.81. The number of anilines is 1. The van der Waals surface area contributed by atoms with E-state index in [-0.39, 0.29) is 24.0 Å².